The average molecular weight is 346 g/mol. The number of nitrogens with zero attached hydrogens (tertiary/aromatic N) is 1. The Labute approximate surface area is 116 Å². The molecule has 1 aromatic rings. The molecule has 3 nitrogen and oxygen atoms in total. The van der Waals surface area contributed by atoms with Gasteiger partial charge in [-0.1, -0.05) is 13.8 Å². The minimum Gasteiger partial charge on any atom is -0.309 e. The summed E-state index contributed by atoms with van der Waals surface area (Å²) in [5.74, 6) is 1.33. The highest BCUT2D eigenvalue weighted by molar-refractivity contribution is 14.1. The van der Waals surface area contributed by atoms with Gasteiger partial charge in [-0.15, -0.1) is 0 Å². The quantitative estimate of drug-likeness (QED) is 0.793. The fourth-order valence-corrected chi connectivity index (χ4v) is 2.71. The summed E-state index contributed by atoms with van der Waals surface area (Å²) in [6, 6.07) is 0. The van der Waals surface area contributed by atoms with Crippen LogP contribution in [-0.2, 0) is 0 Å². The molecule has 0 radical (unpaired) electrons. The molecule has 1 aliphatic rings. The van der Waals surface area contributed by atoms with E-state index in [4.69, 9.17) is 0 Å². The van der Waals surface area contributed by atoms with Gasteiger partial charge in [0.1, 0.15) is 5.82 Å². The van der Waals surface area contributed by atoms with E-state index in [-0.39, 0.29) is 5.56 Å². The molecule has 1 heterocycles. The predicted octanol–water partition coefficient (Wildman–Crippen LogP) is 3.37. The van der Waals surface area contributed by atoms with Gasteiger partial charge in [0.25, 0.3) is 5.56 Å². The Morgan fingerprint density at radius 3 is 2.47 bits per heavy atom. The fraction of sp³-hybridized carbons (Fsp3) is 0.692. The van der Waals surface area contributed by atoms with Crippen molar-refractivity contribution in [1.82, 2.24) is 9.97 Å². The lowest BCUT2D eigenvalue weighted by atomic mass is 9.73. The van der Waals surface area contributed by atoms with Gasteiger partial charge < -0.3 is 4.98 Å². The second-order valence-corrected chi connectivity index (χ2v) is 6.87. The van der Waals surface area contributed by atoms with E-state index in [1.165, 1.54) is 12.8 Å². The lowest BCUT2D eigenvalue weighted by Crippen LogP contribution is -2.24. The first-order chi connectivity index (χ1) is 7.89. The van der Waals surface area contributed by atoms with Crippen LogP contribution < -0.4 is 5.56 Å². The van der Waals surface area contributed by atoms with E-state index in [0.717, 1.165) is 24.4 Å². The van der Waals surface area contributed by atoms with Gasteiger partial charge >= 0.3 is 0 Å². The molecule has 0 unspecified atom stereocenters. The topological polar surface area (TPSA) is 45.8 Å². The zero-order valence-corrected chi connectivity index (χ0v) is 12.8. The molecule has 94 valence electrons. The molecule has 4 heteroatoms. The van der Waals surface area contributed by atoms with Crippen LogP contribution in [0.1, 0.15) is 57.0 Å². The summed E-state index contributed by atoms with van der Waals surface area (Å²) < 4.78 is 0.711. The van der Waals surface area contributed by atoms with Crippen LogP contribution in [0.3, 0.4) is 0 Å². The first-order valence-electron chi connectivity index (χ1n) is 6.15. The maximum absolute atomic E-state index is 11.7. The minimum atomic E-state index is 0.0120. The summed E-state index contributed by atoms with van der Waals surface area (Å²) in [6.07, 6.45) is 4.70. The maximum atomic E-state index is 11.7. The molecule has 0 saturated heterocycles. The predicted molar refractivity (Wildman–Crippen MR) is 77.3 cm³/mol. The van der Waals surface area contributed by atoms with Crippen LogP contribution in [0.15, 0.2) is 4.79 Å². The number of hydrogen-bond donors (Lipinski definition) is 1. The van der Waals surface area contributed by atoms with E-state index in [0.29, 0.717) is 14.9 Å². The second-order valence-electron chi connectivity index (χ2n) is 5.79. The highest BCUT2D eigenvalue weighted by Crippen LogP contribution is 2.41. The average Bonchev–Trinajstić information content (AvgIpc) is 2.25. The molecule has 1 N–H and O–H groups in total. The summed E-state index contributed by atoms with van der Waals surface area (Å²) in [5, 5.41) is 0. The molecule has 0 aliphatic heterocycles. The van der Waals surface area contributed by atoms with Crippen molar-refractivity contribution in [2.24, 2.45) is 5.41 Å². The van der Waals surface area contributed by atoms with Crippen LogP contribution in [0, 0.1) is 15.9 Å². The Balaban J connectivity index is 2.22. The zero-order chi connectivity index (χ0) is 12.6. The summed E-state index contributed by atoms with van der Waals surface area (Å²) in [6.45, 7) is 6.55. The Bertz CT molecular complexity index is 469. The van der Waals surface area contributed by atoms with Crippen molar-refractivity contribution in [3.05, 3.63) is 25.4 Å². The smallest absolute Gasteiger partial charge is 0.264 e. The van der Waals surface area contributed by atoms with E-state index >= 15 is 0 Å². The van der Waals surface area contributed by atoms with Crippen LogP contribution in [0.4, 0.5) is 0 Å². The summed E-state index contributed by atoms with van der Waals surface area (Å²) in [4.78, 5) is 19.2. The molecular weight excluding hydrogens is 327 g/mol. The largest absolute Gasteiger partial charge is 0.309 e. The number of aromatic amines is 1. The highest BCUT2D eigenvalue weighted by atomic mass is 127. The van der Waals surface area contributed by atoms with Crippen LogP contribution >= 0.6 is 22.6 Å². The summed E-state index contributed by atoms with van der Waals surface area (Å²) >= 11 is 2.06. The van der Waals surface area contributed by atoms with Gasteiger partial charge in [0.05, 0.1) is 9.26 Å². The van der Waals surface area contributed by atoms with E-state index in [1.807, 2.05) is 6.92 Å². The molecular formula is C13H19IN2O. The van der Waals surface area contributed by atoms with E-state index in [2.05, 4.69) is 46.4 Å². The van der Waals surface area contributed by atoms with E-state index < -0.39 is 0 Å². The standard InChI is InChI=1S/C13H19IN2O/c1-8-10(14)12(17)16-11(15-8)9-4-6-13(2,3)7-5-9/h9H,4-7H2,1-3H3,(H,15,16,17). The Morgan fingerprint density at radius 2 is 1.94 bits per heavy atom. The van der Waals surface area contributed by atoms with E-state index in [1.54, 1.807) is 0 Å². The van der Waals surface area contributed by atoms with Gasteiger partial charge in [0.15, 0.2) is 0 Å². The van der Waals surface area contributed by atoms with Crippen molar-refractivity contribution in [1.29, 1.82) is 0 Å². The number of H-pyrrole nitrogens is 1. The number of aromatic nitrogens is 2. The SMILES string of the molecule is Cc1nc(C2CCC(C)(C)CC2)[nH]c(=O)c1I. The third-order valence-electron chi connectivity index (χ3n) is 3.77. The van der Waals surface area contributed by atoms with Gasteiger partial charge in [0.2, 0.25) is 0 Å². The number of halogens is 1. The van der Waals surface area contributed by atoms with Crippen molar-refractivity contribution >= 4 is 22.6 Å². The van der Waals surface area contributed by atoms with Gasteiger partial charge in [-0.2, -0.15) is 0 Å². The molecule has 0 atom stereocenters. The Kier molecular flexibility index (Phi) is 3.61. The van der Waals surface area contributed by atoms with Gasteiger partial charge in [-0.05, 0) is 60.6 Å². The fourth-order valence-electron chi connectivity index (χ4n) is 2.46. The highest BCUT2D eigenvalue weighted by Gasteiger charge is 2.29. The lowest BCUT2D eigenvalue weighted by Gasteiger charge is -2.33. The number of nitrogens with one attached hydrogen (secondary N) is 1. The van der Waals surface area contributed by atoms with Crippen LogP contribution in [0.2, 0.25) is 0 Å². The first kappa shape index (κ1) is 13.1. The van der Waals surface area contributed by atoms with Crippen molar-refractivity contribution in [3.8, 4) is 0 Å². The van der Waals surface area contributed by atoms with Gasteiger partial charge in [-0.3, -0.25) is 4.79 Å². The van der Waals surface area contributed by atoms with Crippen molar-refractivity contribution in [2.75, 3.05) is 0 Å². The number of aryl methyl sites for hydroxylation is 1. The number of rotatable bonds is 1. The first-order valence-corrected chi connectivity index (χ1v) is 7.23. The van der Waals surface area contributed by atoms with Gasteiger partial charge in [0, 0.05) is 5.92 Å². The van der Waals surface area contributed by atoms with Crippen molar-refractivity contribution in [3.63, 3.8) is 0 Å². The minimum absolute atomic E-state index is 0.0120. The van der Waals surface area contributed by atoms with Crippen LogP contribution in [0.5, 0.6) is 0 Å². The van der Waals surface area contributed by atoms with Gasteiger partial charge in [-0.25, -0.2) is 4.98 Å². The molecule has 0 amide bonds. The molecule has 1 aliphatic carbocycles. The van der Waals surface area contributed by atoms with Crippen molar-refractivity contribution in [2.45, 2.75) is 52.4 Å². The molecule has 2 rings (SSSR count). The van der Waals surface area contributed by atoms with E-state index in [9.17, 15) is 4.79 Å². The molecule has 1 fully saturated rings. The Morgan fingerprint density at radius 1 is 1.35 bits per heavy atom. The molecule has 0 spiro atoms. The Hall–Kier alpha value is -0.390. The van der Waals surface area contributed by atoms with Crippen molar-refractivity contribution < 1.29 is 0 Å². The number of hydrogen-bond acceptors (Lipinski definition) is 2. The molecule has 1 saturated carbocycles. The molecule has 1 aromatic heterocycles. The monoisotopic (exact) mass is 346 g/mol. The maximum Gasteiger partial charge on any atom is 0.264 e. The van der Waals surface area contributed by atoms with Crippen LogP contribution in [0.25, 0.3) is 0 Å². The lowest BCUT2D eigenvalue weighted by molar-refractivity contribution is 0.220. The van der Waals surface area contributed by atoms with Crippen LogP contribution in [-0.4, -0.2) is 9.97 Å². The molecule has 17 heavy (non-hydrogen) atoms. The third-order valence-corrected chi connectivity index (χ3v) is 5.04. The summed E-state index contributed by atoms with van der Waals surface area (Å²) in [5.41, 5.74) is 1.32. The zero-order valence-electron chi connectivity index (χ0n) is 10.6. The molecule has 0 bridgehead atoms. The summed E-state index contributed by atoms with van der Waals surface area (Å²) in [7, 11) is 0. The molecule has 0 aromatic carbocycles. The normalized spacial score (nSPS) is 20.5. The second kappa shape index (κ2) is 4.71. The third kappa shape index (κ3) is 2.89.